The highest BCUT2D eigenvalue weighted by atomic mass is 32.1. The van der Waals surface area contributed by atoms with E-state index in [2.05, 4.69) is 6.92 Å². The van der Waals surface area contributed by atoms with Gasteiger partial charge in [-0.05, 0) is 50.7 Å². The minimum absolute atomic E-state index is 0.0231. The molecule has 1 aromatic carbocycles. The molecule has 1 aliphatic heterocycles. The van der Waals surface area contributed by atoms with Crippen LogP contribution >= 0.6 is 11.3 Å². The van der Waals surface area contributed by atoms with Crippen molar-refractivity contribution >= 4 is 17.2 Å². The molecule has 0 spiro atoms. The Labute approximate surface area is 169 Å². The third-order valence-corrected chi connectivity index (χ3v) is 7.51. The van der Waals surface area contributed by atoms with Gasteiger partial charge in [-0.1, -0.05) is 12.1 Å². The van der Waals surface area contributed by atoms with E-state index in [1.165, 1.54) is 6.42 Å². The highest BCUT2D eigenvalue weighted by Crippen LogP contribution is 2.59. The fourth-order valence-corrected chi connectivity index (χ4v) is 6.07. The summed E-state index contributed by atoms with van der Waals surface area (Å²) in [6, 6.07) is 7.91. The number of fused-ring (bicyclic) bond motifs is 1. The lowest BCUT2D eigenvalue weighted by Crippen LogP contribution is -2.53. The van der Waals surface area contributed by atoms with Crippen LogP contribution < -0.4 is 4.74 Å². The van der Waals surface area contributed by atoms with Crippen molar-refractivity contribution in [2.24, 2.45) is 11.3 Å². The van der Waals surface area contributed by atoms with Crippen LogP contribution in [0.2, 0.25) is 0 Å². The summed E-state index contributed by atoms with van der Waals surface area (Å²) >= 11 is 1.60. The second kappa shape index (κ2) is 6.85. The molecule has 148 valence electrons. The number of hydrogen-bond donors (Lipinski definition) is 0. The van der Waals surface area contributed by atoms with E-state index in [4.69, 9.17) is 14.5 Å². The maximum atomic E-state index is 13.2. The van der Waals surface area contributed by atoms with Gasteiger partial charge in [-0.3, -0.25) is 4.79 Å². The minimum Gasteiger partial charge on any atom is -0.496 e. The number of benzene rings is 1. The summed E-state index contributed by atoms with van der Waals surface area (Å²) in [5.74, 6) is 1.96. The summed E-state index contributed by atoms with van der Waals surface area (Å²) < 4.78 is 11.7. The first-order valence-electron chi connectivity index (χ1n) is 10.1. The first-order chi connectivity index (χ1) is 13.6. The number of thiazole rings is 1. The van der Waals surface area contributed by atoms with Crippen molar-refractivity contribution < 1.29 is 14.3 Å². The average molecular weight is 399 g/mol. The SMILES string of the molecule is COc1ccccc1-c1csc([C@H]2CN(C(=O)C34CCC(C3)C4)C[C@@H](C)O2)n1. The quantitative estimate of drug-likeness (QED) is 0.771. The molecule has 28 heavy (non-hydrogen) atoms. The van der Waals surface area contributed by atoms with Gasteiger partial charge in [0, 0.05) is 22.9 Å². The van der Waals surface area contributed by atoms with Crippen LogP contribution in [0.25, 0.3) is 11.3 Å². The minimum atomic E-state index is -0.158. The van der Waals surface area contributed by atoms with Crippen molar-refractivity contribution in [3.05, 3.63) is 34.7 Å². The third-order valence-electron chi connectivity index (χ3n) is 6.57. The molecule has 2 heterocycles. The molecule has 6 rings (SSSR count). The number of carbonyl (C=O) groups is 1. The monoisotopic (exact) mass is 398 g/mol. The zero-order valence-electron chi connectivity index (χ0n) is 16.4. The van der Waals surface area contributed by atoms with Crippen LogP contribution in [0.15, 0.2) is 29.6 Å². The Morgan fingerprint density at radius 3 is 2.89 bits per heavy atom. The highest BCUT2D eigenvalue weighted by Gasteiger charge is 2.56. The number of ether oxygens (including phenoxy) is 2. The van der Waals surface area contributed by atoms with E-state index in [-0.39, 0.29) is 17.6 Å². The van der Waals surface area contributed by atoms with Crippen LogP contribution in [0.4, 0.5) is 0 Å². The number of hydrogen-bond acceptors (Lipinski definition) is 5. The van der Waals surface area contributed by atoms with Crippen LogP contribution in [-0.4, -0.2) is 42.1 Å². The van der Waals surface area contributed by atoms with Gasteiger partial charge in [-0.25, -0.2) is 4.98 Å². The van der Waals surface area contributed by atoms with Crippen LogP contribution in [0, 0.1) is 11.3 Å². The van der Waals surface area contributed by atoms with Gasteiger partial charge in [0.15, 0.2) is 0 Å². The van der Waals surface area contributed by atoms with E-state index in [1.807, 2.05) is 34.5 Å². The van der Waals surface area contributed by atoms with Gasteiger partial charge in [0.25, 0.3) is 0 Å². The van der Waals surface area contributed by atoms with E-state index in [1.54, 1.807) is 18.4 Å². The van der Waals surface area contributed by atoms with Gasteiger partial charge < -0.3 is 14.4 Å². The van der Waals surface area contributed by atoms with Crippen molar-refractivity contribution in [3.8, 4) is 17.0 Å². The molecule has 4 aliphatic rings. The largest absolute Gasteiger partial charge is 0.496 e. The van der Waals surface area contributed by atoms with Gasteiger partial charge in [-0.15, -0.1) is 11.3 Å². The van der Waals surface area contributed by atoms with Gasteiger partial charge >= 0.3 is 0 Å². The van der Waals surface area contributed by atoms with E-state index >= 15 is 0 Å². The fraction of sp³-hybridized carbons (Fsp3) is 0.545. The molecule has 1 saturated heterocycles. The molecule has 1 aromatic heterocycles. The average Bonchev–Trinajstić information content (AvgIpc) is 3.42. The number of rotatable bonds is 4. The summed E-state index contributed by atoms with van der Waals surface area (Å²) in [6.07, 6.45) is 4.35. The molecule has 0 unspecified atom stereocenters. The predicted octanol–water partition coefficient (Wildman–Crippen LogP) is 4.30. The van der Waals surface area contributed by atoms with E-state index in [0.717, 1.165) is 47.2 Å². The zero-order valence-corrected chi connectivity index (χ0v) is 17.2. The molecule has 3 aliphatic carbocycles. The van der Waals surface area contributed by atoms with Crippen molar-refractivity contribution in [3.63, 3.8) is 0 Å². The standard InChI is InChI=1S/C22H26N2O3S/c1-14-11-24(21(25)22-8-7-15(9-22)10-22)12-19(27-14)20-23-17(13-28-20)16-5-3-4-6-18(16)26-2/h3-6,13-15,19H,7-12H2,1-2H3/t14-,15?,19-,22?/m1/s1. The molecule has 0 N–H and O–H groups in total. The number of methoxy groups -OCH3 is 1. The van der Waals surface area contributed by atoms with Gasteiger partial charge in [-0.2, -0.15) is 0 Å². The molecule has 4 fully saturated rings. The summed E-state index contributed by atoms with van der Waals surface area (Å²) in [5.41, 5.74) is 1.82. The Kier molecular flexibility index (Phi) is 4.43. The number of nitrogens with zero attached hydrogens (tertiary/aromatic N) is 2. The Bertz CT molecular complexity index is 884. The number of amides is 1. The second-order valence-electron chi connectivity index (χ2n) is 8.51. The first kappa shape index (κ1) is 18.1. The zero-order chi connectivity index (χ0) is 19.3. The van der Waals surface area contributed by atoms with E-state index in [0.29, 0.717) is 19.0 Å². The predicted molar refractivity (Wildman–Crippen MR) is 108 cm³/mol. The van der Waals surface area contributed by atoms with Gasteiger partial charge in [0.05, 0.1) is 25.5 Å². The maximum Gasteiger partial charge on any atom is 0.228 e. The van der Waals surface area contributed by atoms with Crippen LogP contribution in [-0.2, 0) is 9.53 Å². The van der Waals surface area contributed by atoms with Gasteiger partial charge in [0.1, 0.15) is 16.9 Å². The topological polar surface area (TPSA) is 51.7 Å². The third kappa shape index (κ3) is 2.94. The van der Waals surface area contributed by atoms with E-state index < -0.39 is 0 Å². The second-order valence-corrected chi connectivity index (χ2v) is 9.40. The molecule has 2 aromatic rings. The van der Waals surface area contributed by atoms with Crippen molar-refractivity contribution in [1.29, 1.82) is 0 Å². The lowest BCUT2D eigenvalue weighted by atomic mass is 9.68. The molecule has 6 heteroatoms. The van der Waals surface area contributed by atoms with Crippen molar-refractivity contribution in [2.75, 3.05) is 20.2 Å². The summed E-state index contributed by atoms with van der Waals surface area (Å²) in [7, 11) is 1.68. The molecule has 2 bridgehead atoms. The Morgan fingerprint density at radius 1 is 1.32 bits per heavy atom. The molecule has 5 nitrogen and oxygen atoms in total. The van der Waals surface area contributed by atoms with Crippen molar-refractivity contribution in [1.82, 2.24) is 9.88 Å². The number of aromatic nitrogens is 1. The van der Waals surface area contributed by atoms with Gasteiger partial charge in [0.2, 0.25) is 5.91 Å². The van der Waals surface area contributed by atoms with Crippen molar-refractivity contribution in [2.45, 2.75) is 44.8 Å². The normalized spacial score (nSPS) is 31.5. The highest BCUT2D eigenvalue weighted by molar-refractivity contribution is 7.10. The summed E-state index contributed by atoms with van der Waals surface area (Å²) in [4.78, 5) is 20.1. The van der Waals surface area contributed by atoms with E-state index in [9.17, 15) is 4.79 Å². The number of carbonyl (C=O) groups excluding carboxylic acids is 1. The lowest BCUT2D eigenvalue weighted by Gasteiger charge is -2.44. The Hall–Kier alpha value is -1.92. The lowest BCUT2D eigenvalue weighted by molar-refractivity contribution is -0.159. The molecule has 0 radical (unpaired) electrons. The van der Waals surface area contributed by atoms with Crippen LogP contribution in [0.1, 0.15) is 43.7 Å². The maximum absolute atomic E-state index is 13.2. The molecule has 3 saturated carbocycles. The number of para-hydroxylation sites is 1. The molecular formula is C22H26N2O3S. The first-order valence-corrected chi connectivity index (χ1v) is 11.0. The summed E-state index contributed by atoms with van der Waals surface area (Å²) in [6.45, 7) is 3.35. The summed E-state index contributed by atoms with van der Waals surface area (Å²) in [5, 5.41) is 2.98. The Morgan fingerprint density at radius 2 is 2.14 bits per heavy atom. The fourth-order valence-electron chi connectivity index (χ4n) is 5.22. The Balaban J connectivity index is 1.36. The van der Waals surface area contributed by atoms with Crippen LogP contribution in [0.5, 0.6) is 5.75 Å². The molecular weight excluding hydrogens is 372 g/mol. The molecule has 2 atom stereocenters. The van der Waals surface area contributed by atoms with Crippen LogP contribution in [0.3, 0.4) is 0 Å². The smallest absolute Gasteiger partial charge is 0.228 e. The molecule has 1 amide bonds. The number of morpholine rings is 1.